The number of rotatable bonds is 6. The van der Waals surface area contributed by atoms with E-state index in [4.69, 9.17) is 9.72 Å². The Balaban J connectivity index is 1.89. The quantitative estimate of drug-likeness (QED) is 0.787. The van der Waals surface area contributed by atoms with E-state index in [1.807, 2.05) is 11.3 Å². The van der Waals surface area contributed by atoms with Crippen molar-refractivity contribution >= 4 is 16.5 Å². The van der Waals surface area contributed by atoms with Gasteiger partial charge in [0.05, 0.1) is 12.3 Å². The summed E-state index contributed by atoms with van der Waals surface area (Å²) < 4.78 is 5.03. The van der Waals surface area contributed by atoms with E-state index >= 15 is 0 Å². The number of hydrogen-bond acceptors (Lipinski definition) is 6. The second kappa shape index (κ2) is 7.19. The molecule has 5 nitrogen and oxygen atoms in total. The fourth-order valence-electron chi connectivity index (χ4n) is 2.09. The summed E-state index contributed by atoms with van der Waals surface area (Å²) in [6.45, 7) is 9.05. The second-order valence-electron chi connectivity index (χ2n) is 4.96. The first-order valence-electron chi connectivity index (χ1n) is 6.80. The summed E-state index contributed by atoms with van der Waals surface area (Å²) in [5.74, 6) is 0. The lowest BCUT2D eigenvalue weighted by Gasteiger charge is -2.32. The smallest absolute Gasteiger partial charge is 0.185 e. The summed E-state index contributed by atoms with van der Waals surface area (Å²) >= 11 is 1.82. The molecule has 1 aromatic heterocycles. The maximum absolute atomic E-state index is 5.03. The molecule has 108 valence electrons. The van der Waals surface area contributed by atoms with Crippen molar-refractivity contribution in [2.45, 2.75) is 13.5 Å². The van der Waals surface area contributed by atoms with Gasteiger partial charge in [-0.05, 0) is 14.0 Å². The number of nitrogens with zero attached hydrogens (tertiary/aromatic N) is 3. The van der Waals surface area contributed by atoms with Crippen LogP contribution in [0.5, 0.6) is 0 Å². The van der Waals surface area contributed by atoms with E-state index in [1.54, 1.807) is 7.11 Å². The number of ether oxygens (including phenoxy) is 1. The van der Waals surface area contributed by atoms with Crippen molar-refractivity contribution in [2.75, 3.05) is 58.4 Å². The van der Waals surface area contributed by atoms with Crippen molar-refractivity contribution in [3.8, 4) is 0 Å². The zero-order chi connectivity index (χ0) is 13.7. The number of hydrogen-bond donors (Lipinski definition) is 1. The summed E-state index contributed by atoms with van der Waals surface area (Å²) in [6.07, 6.45) is 0. The SMILES string of the molecule is COCCNCc1sc(N2CCN(C)CC2)nc1C. The number of piperazine rings is 1. The topological polar surface area (TPSA) is 40.6 Å². The van der Waals surface area contributed by atoms with Crippen LogP contribution < -0.4 is 10.2 Å². The van der Waals surface area contributed by atoms with Crippen LogP contribution in [-0.2, 0) is 11.3 Å². The van der Waals surface area contributed by atoms with Crippen LogP contribution in [0.4, 0.5) is 5.13 Å². The average Bonchev–Trinajstić information content (AvgIpc) is 2.77. The van der Waals surface area contributed by atoms with Gasteiger partial charge in [0.1, 0.15) is 0 Å². The third kappa shape index (κ3) is 4.14. The molecule has 6 heteroatoms. The maximum Gasteiger partial charge on any atom is 0.185 e. The van der Waals surface area contributed by atoms with Gasteiger partial charge in [-0.2, -0.15) is 0 Å². The first-order valence-corrected chi connectivity index (χ1v) is 7.62. The van der Waals surface area contributed by atoms with E-state index in [2.05, 4.69) is 29.1 Å². The van der Waals surface area contributed by atoms with Crippen molar-refractivity contribution in [3.63, 3.8) is 0 Å². The lowest BCUT2D eigenvalue weighted by atomic mass is 10.3. The Morgan fingerprint density at radius 3 is 2.74 bits per heavy atom. The van der Waals surface area contributed by atoms with Gasteiger partial charge in [0, 0.05) is 51.3 Å². The van der Waals surface area contributed by atoms with Crippen molar-refractivity contribution < 1.29 is 4.74 Å². The molecule has 2 rings (SSSR count). The average molecular weight is 284 g/mol. The van der Waals surface area contributed by atoms with Gasteiger partial charge in [0.25, 0.3) is 0 Å². The molecule has 1 aromatic rings. The molecule has 0 unspecified atom stereocenters. The number of likely N-dealkylation sites (N-methyl/N-ethyl adjacent to an activating group) is 1. The number of nitrogens with one attached hydrogen (secondary N) is 1. The molecular weight excluding hydrogens is 260 g/mol. The van der Waals surface area contributed by atoms with Crippen LogP contribution in [-0.4, -0.2) is 63.4 Å². The largest absolute Gasteiger partial charge is 0.383 e. The van der Waals surface area contributed by atoms with Crippen molar-refractivity contribution in [1.29, 1.82) is 0 Å². The molecule has 0 radical (unpaired) electrons. The van der Waals surface area contributed by atoms with Crippen molar-refractivity contribution in [1.82, 2.24) is 15.2 Å². The highest BCUT2D eigenvalue weighted by Gasteiger charge is 2.18. The molecule has 0 spiro atoms. The fourth-order valence-corrected chi connectivity index (χ4v) is 3.17. The molecule has 0 aliphatic carbocycles. The maximum atomic E-state index is 5.03. The zero-order valence-corrected chi connectivity index (χ0v) is 12.9. The monoisotopic (exact) mass is 284 g/mol. The number of anilines is 1. The van der Waals surface area contributed by atoms with E-state index < -0.39 is 0 Å². The number of methoxy groups -OCH3 is 1. The van der Waals surface area contributed by atoms with Crippen LogP contribution >= 0.6 is 11.3 Å². The first-order chi connectivity index (χ1) is 9.20. The van der Waals surface area contributed by atoms with Gasteiger partial charge in [-0.25, -0.2) is 4.98 Å². The Labute approximate surface area is 119 Å². The molecule has 2 heterocycles. The number of aryl methyl sites for hydroxylation is 1. The van der Waals surface area contributed by atoms with E-state index in [-0.39, 0.29) is 0 Å². The van der Waals surface area contributed by atoms with Crippen LogP contribution in [0.15, 0.2) is 0 Å². The lowest BCUT2D eigenvalue weighted by Crippen LogP contribution is -2.44. The molecule has 19 heavy (non-hydrogen) atoms. The van der Waals surface area contributed by atoms with Gasteiger partial charge in [-0.3, -0.25) is 0 Å². The third-order valence-corrected chi connectivity index (χ3v) is 4.64. The molecule has 0 amide bonds. The molecule has 1 aliphatic rings. The van der Waals surface area contributed by atoms with Gasteiger partial charge in [0.15, 0.2) is 5.13 Å². The van der Waals surface area contributed by atoms with Crippen LogP contribution in [0.2, 0.25) is 0 Å². The van der Waals surface area contributed by atoms with Crippen molar-refractivity contribution in [3.05, 3.63) is 10.6 Å². The normalized spacial score (nSPS) is 17.1. The third-order valence-electron chi connectivity index (χ3n) is 3.42. The molecule has 1 N–H and O–H groups in total. The van der Waals surface area contributed by atoms with Crippen LogP contribution in [0.25, 0.3) is 0 Å². The van der Waals surface area contributed by atoms with Crippen LogP contribution in [0.1, 0.15) is 10.6 Å². The Morgan fingerprint density at radius 2 is 2.05 bits per heavy atom. The summed E-state index contributed by atoms with van der Waals surface area (Å²) in [7, 11) is 3.90. The van der Waals surface area contributed by atoms with Crippen LogP contribution in [0.3, 0.4) is 0 Å². The highest BCUT2D eigenvalue weighted by Crippen LogP contribution is 2.26. The van der Waals surface area contributed by atoms with E-state index in [0.29, 0.717) is 0 Å². The summed E-state index contributed by atoms with van der Waals surface area (Å²) in [5, 5.41) is 4.56. The molecule has 0 atom stereocenters. The van der Waals surface area contributed by atoms with E-state index in [1.165, 1.54) is 10.0 Å². The van der Waals surface area contributed by atoms with Gasteiger partial charge in [-0.15, -0.1) is 11.3 Å². The molecule has 1 saturated heterocycles. The molecule has 0 bridgehead atoms. The van der Waals surface area contributed by atoms with Gasteiger partial charge < -0.3 is 19.9 Å². The van der Waals surface area contributed by atoms with Crippen LogP contribution in [0, 0.1) is 6.92 Å². The second-order valence-corrected chi connectivity index (χ2v) is 6.03. The zero-order valence-electron chi connectivity index (χ0n) is 12.1. The fraction of sp³-hybridized carbons (Fsp3) is 0.769. The predicted octanol–water partition coefficient (Wildman–Crippen LogP) is 0.939. The van der Waals surface area contributed by atoms with Gasteiger partial charge in [0.2, 0.25) is 0 Å². The summed E-state index contributed by atoms with van der Waals surface area (Å²) in [4.78, 5) is 10.8. The van der Waals surface area contributed by atoms with E-state index in [9.17, 15) is 0 Å². The summed E-state index contributed by atoms with van der Waals surface area (Å²) in [6, 6.07) is 0. The minimum absolute atomic E-state index is 0.753. The Bertz CT molecular complexity index is 388. The number of aromatic nitrogens is 1. The Hall–Kier alpha value is -0.690. The minimum atomic E-state index is 0.753. The lowest BCUT2D eigenvalue weighted by molar-refractivity contribution is 0.199. The first kappa shape index (κ1) is 14.7. The van der Waals surface area contributed by atoms with Crippen molar-refractivity contribution in [2.24, 2.45) is 0 Å². The van der Waals surface area contributed by atoms with Gasteiger partial charge in [-0.1, -0.05) is 0 Å². The molecule has 1 aliphatic heterocycles. The summed E-state index contributed by atoms with van der Waals surface area (Å²) in [5.41, 5.74) is 1.16. The van der Waals surface area contributed by atoms with E-state index in [0.717, 1.165) is 51.6 Å². The number of thiazole rings is 1. The molecule has 0 aromatic carbocycles. The molecule has 1 fully saturated rings. The predicted molar refractivity (Wildman–Crippen MR) is 80.1 cm³/mol. The Kier molecular flexibility index (Phi) is 5.57. The molecule has 0 saturated carbocycles. The standard InChI is InChI=1S/C13H24N4OS/c1-11-12(10-14-4-9-18-3)19-13(15-11)17-7-5-16(2)6-8-17/h14H,4-10H2,1-3H3. The Morgan fingerprint density at radius 1 is 1.32 bits per heavy atom. The highest BCUT2D eigenvalue weighted by molar-refractivity contribution is 7.15. The minimum Gasteiger partial charge on any atom is -0.383 e. The molecular formula is C13H24N4OS. The van der Waals surface area contributed by atoms with Gasteiger partial charge >= 0.3 is 0 Å². The highest BCUT2D eigenvalue weighted by atomic mass is 32.1.